The van der Waals surface area contributed by atoms with Gasteiger partial charge in [-0.3, -0.25) is 14.9 Å². The minimum Gasteiger partial charge on any atom is -0.479 e. The van der Waals surface area contributed by atoms with Crippen molar-refractivity contribution in [2.24, 2.45) is 0 Å². The van der Waals surface area contributed by atoms with Crippen LogP contribution in [0.1, 0.15) is 6.92 Å². The predicted molar refractivity (Wildman–Crippen MR) is 98.3 cm³/mol. The summed E-state index contributed by atoms with van der Waals surface area (Å²) in [7, 11) is 0. The summed E-state index contributed by atoms with van der Waals surface area (Å²) in [4.78, 5) is 22.4. The second kappa shape index (κ2) is 8.10. The molecule has 0 aliphatic carbocycles. The molecule has 132 valence electrons. The van der Waals surface area contributed by atoms with Gasteiger partial charge in [-0.15, -0.1) is 0 Å². The van der Waals surface area contributed by atoms with Crippen LogP contribution in [0.3, 0.4) is 0 Å². The maximum atomic E-state index is 12.2. The van der Waals surface area contributed by atoms with E-state index in [0.29, 0.717) is 5.02 Å². The van der Waals surface area contributed by atoms with Gasteiger partial charge >= 0.3 is 0 Å². The van der Waals surface area contributed by atoms with Crippen LogP contribution in [0, 0.1) is 10.1 Å². The lowest BCUT2D eigenvalue weighted by Crippen LogP contribution is -2.30. The van der Waals surface area contributed by atoms with Crippen molar-refractivity contribution >= 4 is 63.7 Å². The molecule has 1 atom stereocenters. The fourth-order valence-electron chi connectivity index (χ4n) is 1.82. The minimum absolute atomic E-state index is 0.0267. The first kappa shape index (κ1) is 19.6. The monoisotopic (exact) mass is 422 g/mol. The highest BCUT2D eigenvalue weighted by atomic mass is 35.5. The summed E-state index contributed by atoms with van der Waals surface area (Å²) in [6.07, 6.45) is -0.927. The Morgan fingerprint density at radius 1 is 1.12 bits per heavy atom. The van der Waals surface area contributed by atoms with E-state index < -0.39 is 16.9 Å². The summed E-state index contributed by atoms with van der Waals surface area (Å²) in [6, 6.07) is 6.84. The molecule has 25 heavy (non-hydrogen) atoms. The molecule has 0 bridgehead atoms. The lowest BCUT2D eigenvalue weighted by molar-refractivity contribution is -0.384. The first-order valence-electron chi connectivity index (χ1n) is 6.75. The largest absolute Gasteiger partial charge is 0.479 e. The van der Waals surface area contributed by atoms with Crippen LogP contribution in [0.25, 0.3) is 0 Å². The molecule has 0 heterocycles. The molecule has 0 saturated carbocycles. The highest BCUT2D eigenvalue weighted by molar-refractivity contribution is 6.37. The quantitative estimate of drug-likeness (QED) is 0.500. The van der Waals surface area contributed by atoms with E-state index in [1.54, 1.807) is 6.07 Å². The molecule has 2 aromatic carbocycles. The zero-order chi connectivity index (χ0) is 18.7. The fraction of sp³-hybridized carbons (Fsp3) is 0.133. The zero-order valence-corrected chi connectivity index (χ0v) is 15.6. The average Bonchev–Trinajstić information content (AvgIpc) is 2.52. The molecule has 0 fully saturated rings. The fourth-order valence-corrected chi connectivity index (χ4v) is 2.71. The third-order valence-electron chi connectivity index (χ3n) is 3.06. The Hall–Kier alpha value is -1.73. The van der Waals surface area contributed by atoms with E-state index in [1.165, 1.54) is 25.1 Å². The maximum absolute atomic E-state index is 12.2. The van der Waals surface area contributed by atoms with Crippen molar-refractivity contribution < 1.29 is 14.5 Å². The Balaban J connectivity index is 2.13. The molecule has 0 aliphatic heterocycles. The number of nitro benzene ring substituents is 1. The molecule has 1 amide bonds. The van der Waals surface area contributed by atoms with Gasteiger partial charge in [-0.1, -0.05) is 46.4 Å². The lowest BCUT2D eigenvalue weighted by atomic mass is 10.2. The number of halogens is 4. The number of amides is 1. The molecule has 0 spiro atoms. The summed E-state index contributed by atoms with van der Waals surface area (Å²) in [6.45, 7) is 1.50. The van der Waals surface area contributed by atoms with Crippen molar-refractivity contribution in [3.05, 3.63) is 60.5 Å². The van der Waals surface area contributed by atoms with Gasteiger partial charge in [0.15, 0.2) is 6.10 Å². The van der Waals surface area contributed by atoms with Crippen molar-refractivity contribution in [3.63, 3.8) is 0 Å². The number of benzene rings is 2. The molecule has 10 heteroatoms. The average molecular weight is 424 g/mol. The van der Waals surface area contributed by atoms with Crippen LogP contribution in [0.4, 0.5) is 11.4 Å². The van der Waals surface area contributed by atoms with Gasteiger partial charge in [-0.25, -0.2) is 0 Å². The van der Waals surface area contributed by atoms with Crippen LogP contribution in [0.5, 0.6) is 5.75 Å². The molecular weight excluding hydrogens is 414 g/mol. The predicted octanol–water partition coefficient (Wildman–Crippen LogP) is 5.61. The van der Waals surface area contributed by atoms with Crippen LogP contribution in [0.2, 0.25) is 20.1 Å². The number of anilines is 1. The Labute approximate surface area is 162 Å². The summed E-state index contributed by atoms with van der Waals surface area (Å²) in [5.74, 6) is -0.264. The van der Waals surface area contributed by atoms with Crippen LogP contribution in [0.15, 0.2) is 30.3 Å². The van der Waals surface area contributed by atoms with Gasteiger partial charge < -0.3 is 10.1 Å². The lowest BCUT2D eigenvalue weighted by Gasteiger charge is -2.16. The number of hydrogen-bond donors (Lipinski definition) is 1. The normalized spacial score (nSPS) is 11.7. The van der Waals surface area contributed by atoms with E-state index in [9.17, 15) is 14.9 Å². The van der Waals surface area contributed by atoms with E-state index in [4.69, 9.17) is 51.1 Å². The summed E-state index contributed by atoms with van der Waals surface area (Å²) >= 11 is 23.5. The zero-order valence-electron chi connectivity index (χ0n) is 12.6. The first-order chi connectivity index (χ1) is 11.7. The number of carbonyl (C=O) groups excluding carboxylic acids is 1. The molecule has 2 aromatic rings. The molecular formula is C15H10Cl4N2O4. The van der Waals surface area contributed by atoms with E-state index in [0.717, 1.165) is 6.07 Å². The smallest absolute Gasteiger partial charge is 0.289 e. The molecule has 2 rings (SSSR count). The van der Waals surface area contributed by atoms with Crippen molar-refractivity contribution in [2.45, 2.75) is 13.0 Å². The first-order valence-corrected chi connectivity index (χ1v) is 8.26. The number of rotatable bonds is 5. The van der Waals surface area contributed by atoms with Crippen molar-refractivity contribution in [1.29, 1.82) is 0 Å². The van der Waals surface area contributed by atoms with Gasteiger partial charge in [0.2, 0.25) is 0 Å². The summed E-state index contributed by atoms with van der Waals surface area (Å²) in [5.41, 5.74) is -0.234. The molecule has 0 aromatic heterocycles. The van der Waals surface area contributed by atoms with E-state index in [2.05, 4.69) is 5.32 Å². The number of ether oxygens (including phenoxy) is 1. The van der Waals surface area contributed by atoms with Crippen LogP contribution in [-0.2, 0) is 4.79 Å². The Morgan fingerprint density at radius 2 is 1.80 bits per heavy atom. The van der Waals surface area contributed by atoms with Crippen LogP contribution in [-0.4, -0.2) is 16.9 Å². The molecule has 6 nitrogen and oxygen atoms in total. The van der Waals surface area contributed by atoms with Crippen molar-refractivity contribution in [2.75, 3.05) is 5.32 Å². The standard InChI is InChI=1S/C15H10Cl4N2O4/c1-7(25-14-3-2-8(16)4-11(14)19)15(22)20-12-5-10(18)13(21(23)24)6-9(12)17/h2-7H,1H3,(H,20,22)/t7-/m0/s1. The van der Waals surface area contributed by atoms with E-state index in [-0.39, 0.29) is 32.2 Å². The topological polar surface area (TPSA) is 81.5 Å². The van der Waals surface area contributed by atoms with Crippen LogP contribution < -0.4 is 10.1 Å². The Morgan fingerprint density at radius 3 is 2.40 bits per heavy atom. The van der Waals surface area contributed by atoms with E-state index in [1.807, 2.05) is 0 Å². The number of carbonyl (C=O) groups is 1. The minimum atomic E-state index is -0.927. The van der Waals surface area contributed by atoms with Crippen molar-refractivity contribution in [3.8, 4) is 5.75 Å². The third kappa shape index (κ3) is 4.89. The summed E-state index contributed by atoms with van der Waals surface area (Å²) in [5, 5.41) is 13.8. The SMILES string of the molecule is C[C@H](Oc1ccc(Cl)cc1Cl)C(=O)Nc1cc(Cl)c([N+](=O)[O-])cc1Cl. The number of nitrogens with one attached hydrogen (secondary N) is 1. The molecule has 0 radical (unpaired) electrons. The van der Waals surface area contributed by atoms with Gasteiger partial charge in [0.1, 0.15) is 10.8 Å². The van der Waals surface area contributed by atoms with Gasteiger partial charge in [0, 0.05) is 11.1 Å². The molecule has 0 aliphatic rings. The van der Waals surface area contributed by atoms with Gasteiger partial charge in [0.05, 0.1) is 20.7 Å². The number of nitrogens with zero attached hydrogens (tertiary/aromatic N) is 1. The summed E-state index contributed by atoms with van der Waals surface area (Å²) < 4.78 is 5.48. The Bertz CT molecular complexity index is 845. The second-order valence-electron chi connectivity index (χ2n) is 4.86. The maximum Gasteiger partial charge on any atom is 0.289 e. The van der Waals surface area contributed by atoms with Gasteiger partial charge in [-0.05, 0) is 31.2 Å². The van der Waals surface area contributed by atoms with Gasteiger partial charge in [-0.2, -0.15) is 0 Å². The van der Waals surface area contributed by atoms with E-state index >= 15 is 0 Å². The molecule has 0 unspecified atom stereocenters. The number of hydrogen-bond acceptors (Lipinski definition) is 4. The van der Waals surface area contributed by atoms with Crippen molar-refractivity contribution in [1.82, 2.24) is 0 Å². The second-order valence-corrected chi connectivity index (χ2v) is 6.52. The highest BCUT2D eigenvalue weighted by Crippen LogP contribution is 2.34. The highest BCUT2D eigenvalue weighted by Gasteiger charge is 2.21. The molecule has 1 N–H and O–H groups in total. The van der Waals surface area contributed by atoms with Gasteiger partial charge in [0.25, 0.3) is 11.6 Å². The number of nitro groups is 1. The Kier molecular flexibility index (Phi) is 6.35. The molecule has 0 saturated heterocycles. The third-order valence-corrected chi connectivity index (χ3v) is 4.20. The van der Waals surface area contributed by atoms with Crippen LogP contribution >= 0.6 is 46.4 Å².